The van der Waals surface area contributed by atoms with Crippen LogP contribution in [0.25, 0.3) is 0 Å². The molecule has 0 aliphatic rings. The van der Waals surface area contributed by atoms with Crippen LogP contribution in [0.15, 0.2) is 40.7 Å². The fraction of sp³-hybridized carbons (Fsp3) is 0.444. The predicted molar refractivity (Wildman–Crippen MR) is 114 cm³/mol. The Bertz CT molecular complexity index is 645. The van der Waals surface area contributed by atoms with Crippen LogP contribution in [0.2, 0.25) is 0 Å². The first-order chi connectivity index (χ1) is 10.9. The number of hydrogen-bond donors (Lipinski definition) is 1. The lowest BCUT2D eigenvalue weighted by Crippen LogP contribution is -2.36. The van der Waals surface area contributed by atoms with Gasteiger partial charge in [0.2, 0.25) is 0 Å². The maximum Gasteiger partial charge on any atom is 0.194 e. The molecular formula is C18H27IN4S. The number of halogens is 1. The number of rotatable bonds is 4. The van der Waals surface area contributed by atoms with Gasteiger partial charge < -0.3 is 10.2 Å². The quantitative estimate of drug-likeness (QED) is 0.423. The molecule has 2 rings (SSSR count). The largest absolute Gasteiger partial charge is 0.350 e. The number of nitrogens with zero attached hydrogens (tertiary/aromatic N) is 3. The normalized spacial score (nSPS) is 11.8. The van der Waals surface area contributed by atoms with Crippen molar-refractivity contribution in [3.63, 3.8) is 0 Å². The second-order valence-electron chi connectivity index (χ2n) is 6.75. The Kier molecular flexibility index (Phi) is 8.15. The van der Waals surface area contributed by atoms with Crippen LogP contribution in [0.1, 0.15) is 37.0 Å². The average molecular weight is 458 g/mol. The van der Waals surface area contributed by atoms with E-state index >= 15 is 0 Å². The van der Waals surface area contributed by atoms with Gasteiger partial charge in [-0.15, -0.1) is 35.3 Å². The van der Waals surface area contributed by atoms with E-state index in [0.29, 0.717) is 13.1 Å². The lowest BCUT2D eigenvalue weighted by Gasteiger charge is -2.17. The Labute approximate surface area is 166 Å². The zero-order chi connectivity index (χ0) is 16.9. The van der Waals surface area contributed by atoms with Crippen LogP contribution in [-0.4, -0.2) is 29.9 Å². The molecule has 0 unspecified atom stereocenters. The van der Waals surface area contributed by atoms with Crippen molar-refractivity contribution < 1.29 is 0 Å². The average Bonchev–Trinajstić information content (AvgIpc) is 2.97. The highest BCUT2D eigenvalue weighted by molar-refractivity contribution is 14.0. The summed E-state index contributed by atoms with van der Waals surface area (Å²) in [6.07, 6.45) is 0. The van der Waals surface area contributed by atoms with Crippen LogP contribution >= 0.6 is 35.3 Å². The van der Waals surface area contributed by atoms with Crippen LogP contribution in [0.3, 0.4) is 0 Å². The summed E-state index contributed by atoms with van der Waals surface area (Å²) in [6.45, 7) is 7.93. The van der Waals surface area contributed by atoms with E-state index < -0.39 is 0 Å². The molecule has 0 aliphatic heterocycles. The Morgan fingerprint density at radius 2 is 1.88 bits per heavy atom. The number of aliphatic imine (C=N–C) groups is 1. The molecule has 0 fully saturated rings. The summed E-state index contributed by atoms with van der Waals surface area (Å²) in [4.78, 5) is 11.4. The smallest absolute Gasteiger partial charge is 0.194 e. The SMILES string of the molecule is CN(C)C(=NCc1ccccc1)NCc1nc(C(C)(C)C)cs1.I. The van der Waals surface area contributed by atoms with Crippen molar-refractivity contribution in [2.45, 2.75) is 39.3 Å². The standard InChI is InChI=1S/C18H26N4S.HI/c1-18(2,3)15-13-23-16(21-15)12-20-17(22(4)5)19-11-14-9-7-6-8-10-14;/h6-10,13H,11-12H2,1-5H3,(H,19,20);1H. The Balaban J connectivity index is 0.00000288. The number of benzene rings is 1. The summed E-state index contributed by atoms with van der Waals surface area (Å²) in [5, 5.41) is 6.63. The fourth-order valence-corrected chi connectivity index (χ4v) is 2.96. The molecule has 0 saturated carbocycles. The van der Waals surface area contributed by atoms with Crippen molar-refractivity contribution in [3.8, 4) is 0 Å². The maximum atomic E-state index is 4.71. The second kappa shape index (κ2) is 9.36. The molecule has 0 aliphatic carbocycles. The summed E-state index contributed by atoms with van der Waals surface area (Å²) in [5.74, 6) is 0.876. The van der Waals surface area contributed by atoms with Gasteiger partial charge in [-0.1, -0.05) is 51.1 Å². The lowest BCUT2D eigenvalue weighted by atomic mass is 9.93. The third kappa shape index (κ3) is 6.39. The van der Waals surface area contributed by atoms with E-state index in [1.807, 2.05) is 37.2 Å². The number of nitrogens with one attached hydrogen (secondary N) is 1. The van der Waals surface area contributed by atoms with Crippen molar-refractivity contribution >= 4 is 41.3 Å². The first kappa shape index (κ1) is 20.9. The molecule has 0 atom stereocenters. The molecule has 1 N–H and O–H groups in total. The van der Waals surface area contributed by atoms with E-state index in [2.05, 4.69) is 48.6 Å². The number of hydrogen-bond acceptors (Lipinski definition) is 3. The van der Waals surface area contributed by atoms with Crippen LogP contribution in [0.4, 0.5) is 0 Å². The van der Waals surface area contributed by atoms with Gasteiger partial charge in [0.15, 0.2) is 5.96 Å². The van der Waals surface area contributed by atoms with Gasteiger partial charge in [0.05, 0.1) is 18.8 Å². The summed E-state index contributed by atoms with van der Waals surface area (Å²) in [7, 11) is 4.00. The third-order valence-electron chi connectivity index (χ3n) is 3.40. The first-order valence-corrected chi connectivity index (χ1v) is 8.68. The van der Waals surface area contributed by atoms with E-state index in [0.717, 1.165) is 16.7 Å². The Morgan fingerprint density at radius 1 is 1.21 bits per heavy atom. The van der Waals surface area contributed by atoms with E-state index in [4.69, 9.17) is 4.98 Å². The molecule has 0 radical (unpaired) electrons. The van der Waals surface area contributed by atoms with Crippen molar-refractivity contribution in [2.24, 2.45) is 4.99 Å². The summed E-state index contributed by atoms with van der Waals surface area (Å²) >= 11 is 1.70. The van der Waals surface area contributed by atoms with Gasteiger partial charge in [-0.2, -0.15) is 0 Å². The van der Waals surface area contributed by atoms with E-state index in [1.165, 1.54) is 5.56 Å². The molecule has 1 heterocycles. The summed E-state index contributed by atoms with van der Waals surface area (Å²) < 4.78 is 0. The van der Waals surface area contributed by atoms with Crippen molar-refractivity contribution in [1.29, 1.82) is 0 Å². The number of aromatic nitrogens is 1. The molecule has 0 spiro atoms. The monoisotopic (exact) mass is 458 g/mol. The molecule has 6 heteroatoms. The first-order valence-electron chi connectivity index (χ1n) is 7.80. The lowest BCUT2D eigenvalue weighted by molar-refractivity contribution is 0.565. The molecule has 2 aromatic rings. The van der Waals surface area contributed by atoms with E-state index in [9.17, 15) is 0 Å². The summed E-state index contributed by atoms with van der Waals surface area (Å²) in [6, 6.07) is 10.3. The zero-order valence-corrected chi connectivity index (χ0v) is 18.2. The van der Waals surface area contributed by atoms with Crippen LogP contribution < -0.4 is 5.32 Å². The highest BCUT2D eigenvalue weighted by atomic mass is 127. The molecule has 1 aromatic heterocycles. The predicted octanol–water partition coefficient (Wildman–Crippen LogP) is 4.27. The highest BCUT2D eigenvalue weighted by Gasteiger charge is 2.17. The van der Waals surface area contributed by atoms with Gasteiger partial charge in [-0.05, 0) is 5.56 Å². The molecule has 132 valence electrons. The minimum atomic E-state index is 0. The van der Waals surface area contributed by atoms with Crippen molar-refractivity contribution in [3.05, 3.63) is 52.0 Å². The maximum absolute atomic E-state index is 4.71. The zero-order valence-electron chi connectivity index (χ0n) is 15.0. The van der Waals surface area contributed by atoms with Gasteiger partial charge in [0, 0.05) is 24.9 Å². The van der Waals surface area contributed by atoms with Crippen molar-refractivity contribution in [2.75, 3.05) is 14.1 Å². The number of thiazole rings is 1. The molecule has 4 nitrogen and oxygen atoms in total. The summed E-state index contributed by atoms with van der Waals surface area (Å²) in [5.41, 5.74) is 2.45. The minimum absolute atomic E-state index is 0. The Morgan fingerprint density at radius 3 is 2.42 bits per heavy atom. The Hall–Kier alpha value is -1.15. The topological polar surface area (TPSA) is 40.5 Å². The number of guanidine groups is 1. The van der Waals surface area contributed by atoms with Crippen LogP contribution in [0, 0.1) is 0 Å². The van der Waals surface area contributed by atoms with E-state index in [-0.39, 0.29) is 29.4 Å². The van der Waals surface area contributed by atoms with Gasteiger partial charge in [0.1, 0.15) is 5.01 Å². The van der Waals surface area contributed by atoms with Gasteiger partial charge >= 0.3 is 0 Å². The fourth-order valence-electron chi connectivity index (χ4n) is 2.00. The van der Waals surface area contributed by atoms with Gasteiger partial charge in [0.25, 0.3) is 0 Å². The molecule has 24 heavy (non-hydrogen) atoms. The third-order valence-corrected chi connectivity index (χ3v) is 4.24. The van der Waals surface area contributed by atoms with Crippen LogP contribution in [0.5, 0.6) is 0 Å². The highest BCUT2D eigenvalue weighted by Crippen LogP contribution is 2.23. The van der Waals surface area contributed by atoms with E-state index in [1.54, 1.807) is 11.3 Å². The van der Waals surface area contributed by atoms with Crippen molar-refractivity contribution in [1.82, 2.24) is 15.2 Å². The minimum Gasteiger partial charge on any atom is -0.350 e. The molecule has 0 amide bonds. The molecule has 1 aromatic carbocycles. The van der Waals surface area contributed by atoms with Gasteiger partial charge in [-0.25, -0.2) is 9.98 Å². The molecule has 0 saturated heterocycles. The molecular weight excluding hydrogens is 431 g/mol. The van der Waals surface area contributed by atoms with Crippen LogP contribution in [-0.2, 0) is 18.5 Å². The second-order valence-corrected chi connectivity index (χ2v) is 7.69. The van der Waals surface area contributed by atoms with Gasteiger partial charge in [-0.3, -0.25) is 0 Å². The molecule has 0 bridgehead atoms.